The Morgan fingerprint density at radius 2 is 1.96 bits per heavy atom. The van der Waals surface area contributed by atoms with Gasteiger partial charge >= 0.3 is 0 Å². The fraction of sp³-hybridized carbons (Fsp3) is 0.0667. The van der Waals surface area contributed by atoms with Crippen LogP contribution in [-0.2, 0) is 11.3 Å². The van der Waals surface area contributed by atoms with Crippen LogP contribution in [0.5, 0.6) is 0 Å². The average molecular weight is 407 g/mol. The highest BCUT2D eigenvalue weighted by Gasteiger charge is 2.11. The van der Waals surface area contributed by atoms with Gasteiger partial charge in [-0.15, -0.1) is 11.3 Å². The summed E-state index contributed by atoms with van der Waals surface area (Å²) >= 11 is 4.52. The number of amides is 2. The first-order valence-corrected chi connectivity index (χ1v) is 8.45. The van der Waals surface area contributed by atoms with E-state index >= 15 is 0 Å². The number of aromatic nitrogens is 2. The number of fused-ring (bicyclic) bond motifs is 1. The van der Waals surface area contributed by atoms with Gasteiger partial charge in [-0.05, 0) is 40.2 Å². The third-order valence-corrected chi connectivity index (χ3v) is 4.79. The Hall–Kier alpha value is -2.52. The summed E-state index contributed by atoms with van der Waals surface area (Å²) in [5.74, 6) is -0.864. The minimum Gasteiger partial charge on any atom is -0.287 e. The molecular formula is C15H11BrN4O3S. The van der Waals surface area contributed by atoms with Crippen molar-refractivity contribution < 1.29 is 9.59 Å². The Bertz CT molecular complexity index is 982. The van der Waals surface area contributed by atoms with E-state index in [1.54, 1.807) is 36.4 Å². The lowest BCUT2D eigenvalue weighted by Crippen LogP contribution is -2.43. The van der Waals surface area contributed by atoms with Gasteiger partial charge in [0, 0.05) is 5.39 Å². The Kier molecular flexibility index (Phi) is 4.72. The summed E-state index contributed by atoms with van der Waals surface area (Å²) in [6.07, 6.45) is 1.16. The smallest absolute Gasteiger partial charge is 0.279 e. The van der Waals surface area contributed by atoms with Gasteiger partial charge in [0.05, 0.1) is 20.4 Å². The van der Waals surface area contributed by atoms with Crippen molar-refractivity contribution in [1.82, 2.24) is 20.6 Å². The number of halogens is 1. The predicted octanol–water partition coefficient (Wildman–Crippen LogP) is 1.68. The van der Waals surface area contributed by atoms with Crippen molar-refractivity contribution >= 4 is 50.0 Å². The second-order valence-corrected chi connectivity index (χ2v) is 7.25. The van der Waals surface area contributed by atoms with Crippen LogP contribution in [0.25, 0.3) is 10.9 Å². The molecule has 122 valence electrons. The van der Waals surface area contributed by atoms with Crippen molar-refractivity contribution in [3.05, 3.63) is 61.5 Å². The highest BCUT2D eigenvalue weighted by molar-refractivity contribution is 9.11. The van der Waals surface area contributed by atoms with Crippen molar-refractivity contribution in [3.8, 4) is 0 Å². The number of carbonyl (C=O) groups is 2. The molecule has 0 aliphatic rings. The first-order valence-electron chi connectivity index (χ1n) is 6.84. The molecule has 3 aromatic rings. The van der Waals surface area contributed by atoms with Gasteiger partial charge in [0.1, 0.15) is 6.54 Å². The number of thiophene rings is 1. The maximum atomic E-state index is 12.0. The van der Waals surface area contributed by atoms with Crippen molar-refractivity contribution in [3.63, 3.8) is 0 Å². The van der Waals surface area contributed by atoms with Gasteiger partial charge in [-0.3, -0.25) is 29.9 Å². The number of hydrazine groups is 1. The molecule has 2 heterocycles. The van der Waals surface area contributed by atoms with E-state index in [1.165, 1.54) is 16.0 Å². The second-order valence-electron chi connectivity index (χ2n) is 4.79. The molecule has 0 saturated carbocycles. The fourth-order valence-corrected chi connectivity index (χ4v) is 3.37. The van der Waals surface area contributed by atoms with Crippen LogP contribution in [0.1, 0.15) is 9.67 Å². The zero-order valence-corrected chi connectivity index (χ0v) is 14.6. The van der Waals surface area contributed by atoms with Crippen LogP contribution in [0.3, 0.4) is 0 Å². The molecule has 0 spiro atoms. The van der Waals surface area contributed by atoms with E-state index in [2.05, 4.69) is 31.9 Å². The number of hydrogen-bond donors (Lipinski definition) is 2. The molecule has 0 aliphatic heterocycles. The first kappa shape index (κ1) is 16.3. The Labute approximate surface area is 148 Å². The van der Waals surface area contributed by atoms with Gasteiger partial charge < -0.3 is 0 Å². The minimum absolute atomic E-state index is 0.130. The SMILES string of the molecule is O=C(Cn1ncc(=O)c2ccccc21)NNC(=O)c1ccc(Br)s1. The summed E-state index contributed by atoms with van der Waals surface area (Å²) in [5.41, 5.74) is 5.01. The summed E-state index contributed by atoms with van der Waals surface area (Å²) in [7, 11) is 0. The van der Waals surface area contributed by atoms with E-state index in [0.29, 0.717) is 15.8 Å². The number of nitrogens with one attached hydrogen (secondary N) is 2. The molecule has 0 saturated heterocycles. The van der Waals surface area contributed by atoms with Gasteiger partial charge in [0.25, 0.3) is 11.8 Å². The van der Waals surface area contributed by atoms with Crippen molar-refractivity contribution in [1.29, 1.82) is 0 Å². The number of carbonyl (C=O) groups excluding carboxylic acids is 2. The van der Waals surface area contributed by atoms with Gasteiger partial charge in [0.15, 0.2) is 0 Å². The third-order valence-electron chi connectivity index (χ3n) is 3.17. The van der Waals surface area contributed by atoms with Crippen LogP contribution >= 0.6 is 27.3 Å². The topological polar surface area (TPSA) is 93.1 Å². The van der Waals surface area contributed by atoms with E-state index in [9.17, 15) is 14.4 Å². The largest absolute Gasteiger partial charge is 0.287 e. The molecule has 2 aromatic heterocycles. The summed E-state index contributed by atoms with van der Waals surface area (Å²) < 4.78 is 2.22. The van der Waals surface area contributed by atoms with Crippen LogP contribution in [0, 0.1) is 0 Å². The van der Waals surface area contributed by atoms with Crippen LogP contribution in [0.2, 0.25) is 0 Å². The molecule has 7 nitrogen and oxygen atoms in total. The van der Waals surface area contributed by atoms with E-state index in [4.69, 9.17) is 0 Å². The number of benzene rings is 1. The number of rotatable bonds is 3. The molecule has 2 N–H and O–H groups in total. The molecule has 1 aromatic carbocycles. The second kappa shape index (κ2) is 6.93. The lowest BCUT2D eigenvalue weighted by atomic mass is 10.2. The van der Waals surface area contributed by atoms with E-state index < -0.39 is 11.8 Å². The third kappa shape index (κ3) is 3.52. The number of nitrogens with zero attached hydrogens (tertiary/aromatic N) is 2. The van der Waals surface area contributed by atoms with Gasteiger partial charge in [0.2, 0.25) is 5.43 Å². The Morgan fingerprint density at radius 1 is 1.17 bits per heavy atom. The summed E-state index contributed by atoms with van der Waals surface area (Å²) in [4.78, 5) is 36.1. The van der Waals surface area contributed by atoms with E-state index in [-0.39, 0.29) is 12.0 Å². The fourth-order valence-electron chi connectivity index (χ4n) is 2.09. The van der Waals surface area contributed by atoms with E-state index in [1.807, 2.05) is 0 Å². The summed E-state index contributed by atoms with van der Waals surface area (Å²) in [6.45, 7) is -0.130. The van der Waals surface area contributed by atoms with E-state index in [0.717, 1.165) is 9.98 Å². The molecule has 0 unspecified atom stereocenters. The molecule has 2 amide bonds. The molecule has 0 aliphatic carbocycles. The van der Waals surface area contributed by atoms with Crippen LogP contribution in [0.4, 0.5) is 0 Å². The molecule has 0 atom stereocenters. The lowest BCUT2D eigenvalue weighted by molar-refractivity contribution is -0.122. The van der Waals surface area contributed by atoms with Crippen molar-refractivity contribution in [2.45, 2.75) is 6.54 Å². The predicted molar refractivity (Wildman–Crippen MR) is 93.6 cm³/mol. The van der Waals surface area contributed by atoms with Crippen LogP contribution in [-0.4, -0.2) is 21.6 Å². The van der Waals surface area contributed by atoms with Gasteiger partial charge in [-0.2, -0.15) is 5.10 Å². The number of hydrogen-bond acceptors (Lipinski definition) is 5. The normalized spacial score (nSPS) is 10.5. The lowest BCUT2D eigenvalue weighted by Gasteiger charge is -2.10. The average Bonchev–Trinajstić information content (AvgIpc) is 3.02. The molecule has 9 heteroatoms. The minimum atomic E-state index is -0.458. The standard InChI is InChI=1S/C15H11BrN4O3S/c16-13-6-5-12(24-13)15(23)19-18-14(22)8-20-10-4-2-1-3-9(10)11(21)7-17-20/h1-7H,8H2,(H,18,22)(H,19,23). The highest BCUT2D eigenvalue weighted by atomic mass is 79.9. The van der Waals surface area contributed by atoms with Crippen LogP contribution in [0.15, 0.2) is 51.2 Å². The summed E-state index contributed by atoms with van der Waals surface area (Å²) in [6, 6.07) is 10.3. The Balaban J connectivity index is 1.68. The molecule has 24 heavy (non-hydrogen) atoms. The maximum absolute atomic E-state index is 12.0. The van der Waals surface area contributed by atoms with Gasteiger partial charge in [-0.1, -0.05) is 12.1 Å². The zero-order chi connectivity index (χ0) is 17.1. The zero-order valence-electron chi connectivity index (χ0n) is 12.2. The quantitative estimate of drug-likeness (QED) is 0.647. The summed E-state index contributed by atoms with van der Waals surface area (Å²) in [5, 5.41) is 4.44. The number of para-hydroxylation sites is 1. The van der Waals surface area contributed by atoms with Crippen LogP contribution < -0.4 is 16.3 Å². The Morgan fingerprint density at radius 3 is 2.71 bits per heavy atom. The van der Waals surface area contributed by atoms with Gasteiger partial charge in [-0.25, -0.2) is 0 Å². The first-order chi connectivity index (χ1) is 11.5. The molecule has 0 radical (unpaired) electrons. The molecule has 0 bridgehead atoms. The monoisotopic (exact) mass is 406 g/mol. The maximum Gasteiger partial charge on any atom is 0.279 e. The molecule has 0 fully saturated rings. The molecular weight excluding hydrogens is 396 g/mol. The van der Waals surface area contributed by atoms with Crippen molar-refractivity contribution in [2.75, 3.05) is 0 Å². The molecule has 3 rings (SSSR count). The highest BCUT2D eigenvalue weighted by Crippen LogP contribution is 2.21. The van der Waals surface area contributed by atoms with Crippen molar-refractivity contribution in [2.24, 2.45) is 0 Å².